The van der Waals surface area contributed by atoms with Crippen LogP contribution in [0.5, 0.6) is 17.2 Å². The highest BCUT2D eigenvalue weighted by atomic mass is 35.5. The van der Waals surface area contributed by atoms with Gasteiger partial charge in [-0.25, -0.2) is 0 Å². The van der Waals surface area contributed by atoms with Gasteiger partial charge in [0.05, 0.1) is 34.9 Å². The number of carboxylic acids is 1. The molecule has 0 spiro atoms. The number of piperidine rings is 1. The van der Waals surface area contributed by atoms with Crippen molar-refractivity contribution in [3.8, 4) is 34.4 Å². The molecule has 0 amide bonds. The molecular formula is C40H44Cl2N4O7. The Morgan fingerprint density at radius 1 is 1.02 bits per heavy atom. The van der Waals surface area contributed by atoms with Gasteiger partial charge in [-0.1, -0.05) is 60.0 Å². The number of hydrogen-bond acceptors (Lipinski definition) is 10. The van der Waals surface area contributed by atoms with Gasteiger partial charge in [0.1, 0.15) is 42.6 Å². The molecule has 2 atom stereocenters. The van der Waals surface area contributed by atoms with Crippen LogP contribution in [0, 0.1) is 18.3 Å². The molecule has 0 unspecified atom stereocenters. The first-order valence-electron chi connectivity index (χ1n) is 17.6. The zero-order valence-corrected chi connectivity index (χ0v) is 31.1. The van der Waals surface area contributed by atoms with Crippen molar-refractivity contribution in [2.45, 2.75) is 64.5 Å². The fourth-order valence-corrected chi connectivity index (χ4v) is 6.76. The average molecular weight is 764 g/mol. The van der Waals surface area contributed by atoms with Crippen LogP contribution in [0.25, 0.3) is 11.1 Å². The molecule has 0 bridgehead atoms. The molecule has 3 aromatic carbocycles. The van der Waals surface area contributed by atoms with Gasteiger partial charge >= 0.3 is 5.97 Å². The molecule has 13 heteroatoms. The first-order chi connectivity index (χ1) is 25.7. The Balaban J connectivity index is 1.32. The van der Waals surface area contributed by atoms with Crippen molar-refractivity contribution in [3.05, 3.63) is 105 Å². The minimum absolute atomic E-state index is 0.134. The normalized spacial score (nSPS) is 15.1. The highest BCUT2D eigenvalue weighted by molar-refractivity contribution is 6.35. The highest BCUT2D eigenvalue weighted by Gasteiger charge is 2.29. The second kappa shape index (κ2) is 19.6. The first-order valence-corrected chi connectivity index (χ1v) is 18.3. The molecule has 11 nitrogen and oxygen atoms in total. The number of carboxylic acid groups (broad SMARTS) is 1. The number of rotatable bonds is 18. The van der Waals surface area contributed by atoms with Crippen LogP contribution in [0.1, 0.15) is 53.5 Å². The number of halogens is 2. The third kappa shape index (κ3) is 10.8. The van der Waals surface area contributed by atoms with Crippen LogP contribution in [0.2, 0.25) is 10.0 Å². The van der Waals surface area contributed by atoms with Crippen molar-refractivity contribution in [2.24, 2.45) is 0 Å². The van der Waals surface area contributed by atoms with E-state index in [1.165, 1.54) is 6.20 Å². The summed E-state index contributed by atoms with van der Waals surface area (Å²) in [5.74, 6) is 0.613. The van der Waals surface area contributed by atoms with Crippen molar-refractivity contribution in [1.82, 2.24) is 15.2 Å². The monoisotopic (exact) mass is 762 g/mol. The highest BCUT2D eigenvalue weighted by Crippen LogP contribution is 2.39. The average Bonchev–Trinajstić information content (AvgIpc) is 3.16. The molecule has 1 aliphatic heterocycles. The molecule has 4 aromatic rings. The predicted octanol–water partition coefficient (Wildman–Crippen LogP) is 6.54. The summed E-state index contributed by atoms with van der Waals surface area (Å²) < 4.78 is 18.6. The van der Waals surface area contributed by atoms with Gasteiger partial charge < -0.3 is 34.8 Å². The number of aromatic nitrogens is 1. The predicted molar refractivity (Wildman–Crippen MR) is 202 cm³/mol. The van der Waals surface area contributed by atoms with E-state index in [9.17, 15) is 20.3 Å². The molecule has 0 radical (unpaired) electrons. The Morgan fingerprint density at radius 2 is 1.81 bits per heavy atom. The van der Waals surface area contributed by atoms with Crippen molar-refractivity contribution >= 4 is 29.2 Å². The Bertz CT molecular complexity index is 1900. The van der Waals surface area contributed by atoms with Crippen LogP contribution in [0.3, 0.4) is 0 Å². The summed E-state index contributed by atoms with van der Waals surface area (Å²) >= 11 is 13.7. The minimum Gasteiger partial charge on any atom is -0.492 e. The quantitative estimate of drug-likeness (QED) is 0.0816. The Hall–Kier alpha value is -4.41. The van der Waals surface area contributed by atoms with Gasteiger partial charge in [-0.15, -0.1) is 0 Å². The van der Waals surface area contributed by atoms with Crippen molar-refractivity contribution in [3.63, 3.8) is 0 Å². The third-order valence-electron chi connectivity index (χ3n) is 9.13. The molecule has 1 aromatic heterocycles. The topological polar surface area (TPSA) is 157 Å². The zero-order chi connectivity index (χ0) is 37.7. The van der Waals surface area contributed by atoms with Crippen LogP contribution in [-0.2, 0) is 24.6 Å². The van der Waals surface area contributed by atoms with Gasteiger partial charge in [0, 0.05) is 48.2 Å². The zero-order valence-electron chi connectivity index (χ0n) is 29.6. The number of ether oxygens (including phenoxy) is 3. The van der Waals surface area contributed by atoms with Crippen molar-refractivity contribution in [2.75, 3.05) is 32.8 Å². The molecule has 0 saturated carbocycles. The number of aliphatic hydroxyl groups excluding tert-OH is 2. The molecule has 280 valence electrons. The van der Waals surface area contributed by atoms with E-state index in [4.69, 9.17) is 42.5 Å². The third-order valence-corrected chi connectivity index (χ3v) is 9.82. The largest absolute Gasteiger partial charge is 0.492 e. The molecule has 1 fully saturated rings. The number of benzene rings is 3. The van der Waals surface area contributed by atoms with Gasteiger partial charge in [0.2, 0.25) is 0 Å². The lowest BCUT2D eigenvalue weighted by molar-refractivity contribution is -0.144. The summed E-state index contributed by atoms with van der Waals surface area (Å²) in [7, 11) is 0. The smallest absolute Gasteiger partial charge is 0.320 e. The van der Waals surface area contributed by atoms with E-state index in [0.717, 1.165) is 40.7 Å². The van der Waals surface area contributed by atoms with Crippen LogP contribution in [0.4, 0.5) is 0 Å². The van der Waals surface area contributed by atoms with Crippen molar-refractivity contribution in [1.29, 1.82) is 5.26 Å². The van der Waals surface area contributed by atoms with E-state index < -0.39 is 18.1 Å². The maximum atomic E-state index is 12.0. The lowest BCUT2D eigenvalue weighted by Gasteiger charge is -2.33. The molecule has 5 rings (SSSR count). The lowest BCUT2D eigenvalue weighted by atomic mass is 9.96. The van der Waals surface area contributed by atoms with Crippen LogP contribution < -0.4 is 19.5 Å². The van der Waals surface area contributed by atoms with Gasteiger partial charge in [-0.2, -0.15) is 5.26 Å². The fourth-order valence-electron chi connectivity index (χ4n) is 6.24. The second-order valence-electron chi connectivity index (χ2n) is 12.9. The molecule has 1 aliphatic rings. The standard InChI is InChI=1S/C40H44Cl2N4O7/c1-26-29(7-4-8-32(26)33-9-5-11-36(39(33)42)51-14-6-12-44-21-31(48)23-47)25-53-38-17-37(52-24-28-15-27(18-43)19-45-20-28)30(16-34(38)41)22-46-13-3-2-10-35(46)40(49)50/h4-5,7-9,11,15-17,19-20,31,35,44,47-48H,2-3,6,10,12-14,21-25H2,1H3,(H,49,50)/t31-,35-/m0/s1. The van der Waals surface area contributed by atoms with E-state index in [2.05, 4.69) is 16.4 Å². The summed E-state index contributed by atoms with van der Waals surface area (Å²) in [6.45, 7) is 4.38. The van der Waals surface area contributed by atoms with Gasteiger partial charge in [-0.3, -0.25) is 14.7 Å². The summed E-state index contributed by atoms with van der Waals surface area (Å²) in [6.07, 6.45) is 5.35. The van der Waals surface area contributed by atoms with E-state index in [1.807, 2.05) is 48.2 Å². The van der Waals surface area contributed by atoms with Crippen LogP contribution in [0.15, 0.2) is 67.0 Å². The molecule has 53 heavy (non-hydrogen) atoms. The van der Waals surface area contributed by atoms with Crippen LogP contribution in [-0.4, -0.2) is 76.2 Å². The number of aliphatic carboxylic acids is 1. The number of nitriles is 1. The minimum atomic E-state index is -0.850. The van der Waals surface area contributed by atoms with E-state index in [-0.39, 0.29) is 19.8 Å². The van der Waals surface area contributed by atoms with Crippen molar-refractivity contribution < 1.29 is 34.3 Å². The Labute approximate surface area is 319 Å². The number of likely N-dealkylation sites (tertiary alicyclic amines) is 1. The lowest BCUT2D eigenvalue weighted by Crippen LogP contribution is -2.44. The van der Waals surface area contributed by atoms with Gasteiger partial charge in [0.25, 0.3) is 0 Å². The Kier molecular flexibility index (Phi) is 14.7. The second-order valence-corrected chi connectivity index (χ2v) is 13.7. The SMILES string of the molecule is Cc1c(COc2cc(OCc3cncc(C#N)c3)c(CN3CCCC[C@H]3C(=O)O)cc2Cl)cccc1-c1cccc(OCCCNC[C@H](O)CO)c1Cl. The number of nitrogens with zero attached hydrogens (tertiary/aromatic N) is 3. The summed E-state index contributed by atoms with van der Waals surface area (Å²) in [6, 6.07) is 18.3. The molecule has 2 heterocycles. The van der Waals surface area contributed by atoms with E-state index in [0.29, 0.717) is 84.0 Å². The van der Waals surface area contributed by atoms with Gasteiger partial charge in [-0.05, 0) is 74.2 Å². The number of aliphatic hydroxyl groups is 2. The molecular weight excluding hydrogens is 719 g/mol. The van der Waals surface area contributed by atoms with Gasteiger partial charge in [0.15, 0.2) is 0 Å². The summed E-state index contributed by atoms with van der Waals surface area (Å²) in [4.78, 5) is 18.1. The number of hydrogen-bond donors (Lipinski definition) is 4. The maximum absolute atomic E-state index is 12.0. The summed E-state index contributed by atoms with van der Waals surface area (Å²) in [5, 5.41) is 41.6. The fraction of sp³-hybridized carbons (Fsp3) is 0.375. The number of pyridine rings is 1. The van der Waals surface area contributed by atoms with E-state index in [1.54, 1.807) is 24.4 Å². The van der Waals surface area contributed by atoms with E-state index >= 15 is 0 Å². The molecule has 4 N–H and O–H groups in total. The number of nitrogens with one attached hydrogen (secondary N) is 1. The molecule has 0 aliphatic carbocycles. The Morgan fingerprint density at radius 3 is 2.60 bits per heavy atom. The maximum Gasteiger partial charge on any atom is 0.320 e. The summed E-state index contributed by atoms with van der Waals surface area (Å²) in [5.41, 5.74) is 5.49. The molecule has 1 saturated heterocycles. The first kappa shape index (κ1) is 39.8. The van der Waals surface area contributed by atoms with Crippen LogP contribution >= 0.6 is 23.2 Å². The number of carbonyl (C=O) groups is 1.